The van der Waals surface area contributed by atoms with E-state index in [4.69, 9.17) is 9.15 Å². The highest BCUT2D eigenvalue weighted by molar-refractivity contribution is 7.99. The molecule has 10 nitrogen and oxygen atoms in total. The zero-order valence-corrected chi connectivity index (χ0v) is 26.5. The Labute approximate surface area is 263 Å². The zero-order valence-electron chi connectivity index (χ0n) is 25.6. The Bertz CT molecular complexity index is 1500. The van der Waals surface area contributed by atoms with Crippen molar-refractivity contribution in [2.45, 2.75) is 55.3 Å². The maximum Gasteiger partial charge on any atom is 0.239 e. The van der Waals surface area contributed by atoms with E-state index in [1.54, 1.807) is 35.0 Å². The lowest BCUT2D eigenvalue weighted by Crippen LogP contribution is -2.39. The monoisotopic (exact) mass is 618 g/mol. The van der Waals surface area contributed by atoms with Crippen molar-refractivity contribution in [2.75, 3.05) is 68.2 Å². The standard InChI is InChI=1S/C33H42N6O4S/c1-38(2)21-28(41)36-27-14-15-34-32(37-27)35-25-12-10-24(11-13-25)33(23-8-6-4-3-5-7-9-23)22-44-30-26(40)20-29(43-31(30)33)39-16-18-42-19-17-39/h10-15,20,23H,3-9,16-19,21-22H2,1-2H3,(H2,34,35,36,37,41). The van der Waals surface area contributed by atoms with Crippen molar-refractivity contribution in [1.82, 2.24) is 14.9 Å². The maximum absolute atomic E-state index is 13.5. The molecule has 1 saturated carbocycles. The third-order valence-corrected chi connectivity index (χ3v) is 10.2. The highest BCUT2D eigenvalue weighted by Gasteiger charge is 2.50. The molecule has 4 heterocycles. The van der Waals surface area contributed by atoms with Gasteiger partial charge in [0.1, 0.15) is 11.6 Å². The molecule has 1 aromatic carbocycles. The lowest BCUT2D eigenvalue weighted by atomic mass is 9.65. The Kier molecular flexibility index (Phi) is 9.53. The summed E-state index contributed by atoms with van der Waals surface area (Å²) in [6, 6.07) is 11.8. The molecular weight excluding hydrogens is 576 g/mol. The maximum atomic E-state index is 13.5. The lowest BCUT2D eigenvalue weighted by molar-refractivity contribution is -0.116. The summed E-state index contributed by atoms with van der Waals surface area (Å²) < 4.78 is 12.4. The van der Waals surface area contributed by atoms with Crippen LogP contribution in [0.1, 0.15) is 56.3 Å². The molecule has 3 aromatic rings. The van der Waals surface area contributed by atoms with Crippen molar-refractivity contribution in [3.05, 3.63) is 64.1 Å². The van der Waals surface area contributed by atoms with Gasteiger partial charge in [0.2, 0.25) is 17.3 Å². The number of anilines is 4. The highest BCUT2D eigenvalue weighted by atomic mass is 32.2. The lowest BCUT2D eigenvalue weighted by Gasteiger charge is -2.39. The van der Waals surface area contributed by atoms with Crippen LogP contribution in [0.5, 0.6) is 0 Å². The SMILES string of the molecule is CN(C)CC(=O)Nc1ccnc(Nc2ccc(C3(C4CCCCCCC4)CSc4c3oc(N3CCOCC3)cc4=O)cc2)n1. The van der Waals surface area contributed by atoms with Crippen LogP contribution < -0.4 is 21.0 Å². The summed E-state index contributed by atoms with van der Waals surface area (Å²) >= 11 is 1.65. The Hall–Kier alpha value is -3.41. The number of morpholine rings is 1. The van der Waals surface area contributed by atoms with Gasteiger partial charge in [-0.1, -0.05) is 44.2 Å². The molecule has 2 N–H and O–H groups in total. The van der Waals surface area contributed by atoms with E-state index in [0.717, 1.165) is 34.9 Å². The molecule has 2 aromatic heterocycles. The van der Waals surface area contributed by atoms with Crippen LogP contribution in [0, 0.1) is 5.92 Å². The minimum Gasteiger partial charge on any atom is -0.443 e. The van der Waals surface area contributed by atoms with Crippen LogP contribution in [-0.2, 0) is 14.9 Å². The Morgan fingerprint density at radius 2 is 1.80 bits per heavy atom. The number of thioether (sulfide) groups is 1. The molecule has 1 aliphatic carbocycles. The number of aromatic nitrogens is 2. The van der Waals surface area contributed by atoms with Crippen LogP contribution in [0.3, 0.4) is 0 Å². The average molecular weight is 619 g/mol. The van der Waals surface area contributed by atoms with E-state index in [1.807, 2.05) is 26.2 Å². The summed E-state index contributed by atoms with van der Waals surface area (Å²) in [7, 11) is 3.69. The topological polar surface area (TPSA) is 113 Å². The molecule has 44 heavy (non-hydrogen) atoms. The number of hydrogen-bond acceptors (Lipinski definition) is 10. The van der Waals surface area contributed by atoms with Gasteiger partial charge < -0.3 is 29.6 Å². The highest BCUT2D eigenvalue weighted by Crippen LogP contribution is 2.54. The fraction of sp³-hybridized carbons (Fsp3) is 0.515. The van der Waals surface area contributed by atoms with Crippen LogP contribution in [-0.4, -0.2) is 73.5 Å². The second-order valence-corrected chi connectivity index (χ2v) is 13.2. The Morgan fingerprint density at radius 1 is 1.07 bits per heavy atom. The molecule has 1 saturated heterocycles. The van der Waals surface area contributed by atoms with Gasteiger partial charge in [-0.05, 0) is 56.6 Å². The van der Waals surface area contributed by atoms with Crippen LogP contribution in [0.15, 0.2) is 56.7 Å². The molecule has 1 unspecified atom stereocenters. The van der Waals surface area contributed by atoms with Crippen LogP contribution in [0.2, 0.25) is 0 Å². The van der Waals surface area contributed by atoms with Crippen molar-refractivity contribution < 1.29 is 13.9 Å². The van der Waals surface area contributed by atoms with Gasteiger partial charge in [-0.15, -0.1) is 11.8 Å². The third kappa shape index (κ3) is 6.64. The largest absolute Gasteiger partial charge is 0.443 e. The van der Waals surface area contributed by atoms with Crippen molar-refractivity contribution in [2.24, 2.45) is 5.92 Å². The number of amides is 1. The number of ether oxygens (including phenoxy) is 1. The first kappa shape index (κ1) is 30.6. The number of nitrogens with one attached hydrogen (secondary N) is 2. The second kappa shape index (κ2) is 13.7. The van der Waals surface area contributed by atoms with Crippen LogP contribution in [0.4, 0.5) is 23.3 Å². The molecule has 2 aliphatic heterocycles. The van der Waals surface area contributed by atoms with Gasteiger partial charge in [0.15, 0.2) is 5.88 Å². The van der Waals surface area contributed by atoms with Gasteiger partial charge in [0, 0.05) is 36.8 Å². The smallest absolute Gasteiger partial charge is 0.239 e. The summed E-state index contributed by atoms with van der Waals surface area (Å²) in [6.07, 6.45) is 10.0. The average Bonchev–Trinajstić information content (AvgIpc) is 3.38. The van der Waals surface area contributed by atoms with Gasteiger partial charge >= 0.3 is 0 Å². The molecule has 1 amide bonds. The number of carbonyl (C=O) groups is 1. The molecule has 0 bridgehead atoms. The van der Waals surface area contributed by atoms with E-state index < -0.39 is 0 Å². The third-order valence-electron chi connectivity index (χ3n) is 8.90. The van der Waals surface area contributed by atoms with E-state index in [9.17, 15) is 9.59 Å². The number of fused-ring (bicyclic) bond motifs is 1. The minimum absolute atomic E-state index is 0.0541. The number of hydrogen-bond donors (Lipinski definition) is 2. The van der Waals surface area contributed by atoms with Gasteiger partial charge in [-0.25, -0.2) is 4.98 Å². The van der Waals surface area contributed by atoms with Gasteiger partial charge in [0.05, 0.1) is 30.1 Å². The zero-order chi connectivity index (χ0) is 30.5. The number of likely N-dealkylation sites (N-methyl/N-ethyl adjacent to an activating group) is 1. The summed E-state index contributed by atoms with van der Waals surface area (Å²) in [5, 5.41) is 6.10. The molecular formula is C33H42N6O4S. The summed E-state index contributed by atoms with van der Waals surface area (Å²) in [6.45, 7) is 2.97. The molecule has 6 rings (SSSR count). The van der Waals surface area contributed by atoms with Gasteiger partial charge in [-0.3, -0.25) is 9.59 Å². The quantitative estimate of drug-likeness (QED) is 0.347. The predicted molar refractivity (Wildman–Crippen MR) is 174 cm³/mol. The number of nitrogens with zero attached hydrogens (tertiary/aromatic N) is 4. The number of benzene rings is 1. The van der Waals surface area contributed by atoms with Crippen LogP contribution in [0.25, 0.3) is 0 Å². The fourth-order valence-corrected chi connectivity index (χ4v) is 8.19. The Balaban J connectivity index is 1.32. The van der Waals surface area contributed by atoms with Crippen molar-refractivity contribution in [3.8, 4) is 0 Å². The van der Waals surface area contributed by atoms with Crippen molar-refractivity contribution >= 4 is 41.0 Å². The first-order valence-corrected chi connectivity index (χ1v) is 16.7. The molecule has 3 aliphatic rings. The van der Waals surface area contributed by atoms with Crippen molar-refractivity contribution in [1.29, 1.82) is 0 Å². The summed E-state index contributed by atoms with van der Waals surface area (Å²) in [5.74, 6) is 3.38. The van der Waals surface area contributed by atoms with Crippen LogP contribution >= 0.6 is 11.8 Å². The summed E-state index contributed by atoms with van der Waals surface area (Å²) in [4.78, 5) is 39.2. The van der Waals surface area contributed by atoms with E-state index in [0.29, 0.717) is 49.9 Å². The van der Waals surface area contributed by atoms with E-state index in [-0.39, 0.29) is 23.3 Å². The van der Waals surface area contributed by atoms with Crippen molar-refractivity contribution in [3.63, 3.8) is 0 Å². The normalized spacial score (nSPS) is 21.0. The minimum atomic E-state index is -0.384. The van der Waals surface area contributed by atoms with E-state index in [2.05, 4.69) is 37.6 Å². The second-order valence-electron chi connectivity index (χ2n) is 12.3. The molecule has 2 fully saturated rings. The molecule has 0 spiro atoms. The summed E-state index contributed by atoms with van der Waals surface area (Å²) in [5.41, 5.74) is 1.68. The first-order chi connectivity index (χ1) is 21.4. The van der Waals surface area contributed by atoms with Gasteiger partial charge in [0.25, 0.3) is 0 Å². The van der Waals surface area contributed by atoms with E-state index in [1.165, 1.54) is 37.7 Å². The van der Waals surface area contributed by atoms with Gasteiger partial charge in [-0.2, -0.15) is 4.98 Å². The Morgan fingerprint density at radius 3 is 2.52 bits per heavy atom. The number of carbonyl (C=O) groups excluding carboxylic acids is 1. The molecule has 234 valence electrons. The molecule has 0 radical (unpaired) electrons. The first-order valence-electron chi connectivity index (χ1n) is 15.7. The predicted octanol–water partition coefficient (Wildman–Crippen LogP) is 5.26. The molecule has 1 atom stereocenters. The van der Waals surface area contributed by atoms with E-state index >= 15 is 0 Å². The fourth-order valence-electron chi connectivity index (χ4n) is 6.73. The molecule has 11 heteroatoms. The number of rotatable bonds is 8.